The van der Waals surface area contributed by atoms with E-state index in [0.29, 0.717) is 11.1 Å². The summed E-state index contributed by atoms with van der Waals surface area (Å²) in [4.78, 5) is 9.59. The van der Waals surface area contributed by atoms with E-state index in [9.17, 15) is 0 Å². The SMILES string of the molecule is C=C(CCCC)N1CCN(C)CC1.C=Cc1ccc2c(Cl)cc(-c3cnn(C4CCCC4)c3)nc2c1. The molecule has 0 radical (unpaired) electrons. The maximum atomic E-state index is 6.45. The van der Waals surface area contributed by atoms with E-state index in [1.165, 1.54) is 76.8 Å². The van der Waals surface area contributed by atoms with Crippen LogP contribution in [0, 0.1) is 0 Å². The van der Waals surface area contributed by atoms with Crippen molar-refractivity contribution in [2.75, 3.05) is 33.2 Å². The number of pyridine rings is 1. The third kappa shape index (κ3) is 6.57. The quantitative estimate of drug-likeness (QED) is 0.334. The van der Waals surface area contributed by atoms with Gasteiger partial charge < -0.3 is 9.80 Å². The minimum Gasteiger partial charge on any atom is -0.373 e. The number of hydrogen-bond donors (Lipinski definition) is 0. The molecule has 1 aliphatic heterocycles. The molecule has 3 aromatic rings. The number of piperazine rings is 1. The number of likely N-dealkylation sites (N-methyl/N-ethyl adjacent to an activating group) is 1. The van der Waals surface area contributed by atoms with Crippen LogP contribution >= 0.6 is 11.6 Å². The van der Waals surface area contributed by atoms with Crippen molar-refractivity contribution in [2.24, 2.45) is 0 Å². The summed E-state index contributed by atoms with van der Waals surface area (Å²) in [6.45, 7) is 14.9. The summed E-state index contributed by atoms with van der Waals surface area (Å²) in [5, 5.41) is 6.21. The highest BCUT2D eigenvalue weighted by atomic mass is 35.5. The van der Waals surface area contributed by atoms with Crippen molar-refractivity contribution in [3.05, 3.63) is 66.1 Å². The molecule has 1 aromatic carbocycles. The third-order valence-corrected chi connectivity index (χ3v) is 7.70. The van der Waals surface area contributed by atoms with Gasteiger partial charge in [-0.1, -0.05) is 69.2 Å². The fourth-order valence-electron chi connectivity index (χ4n) is 4.98. The largest absolute Gasteiger partial charge is 0.373 e. The standard InChI is InChI=1S/C19H18ClN3.C11H22N2/c1-2-13-7-8-16-17(20)10-18(22-19(16)9-13)14-11-21-23(12-14)15-5-3-4-6-15;1-4-5-6-11(2)13-9-7-12(3)8-10-13/h2,7-12,15H,1,3-6H2;2,4-10H2,1,3H3. The minimum absolute atomic E-state index is 0.534. The van der Waals surface area contributed by atoms with Gasteiger partial charge in [0.15, 0.2) is 0 Å². The van der Waals surface area contributed by atoms with Crippen LogP contribution in [0.2, 0.25) is 5.02 Å². The number of unbranched alkanes of at least 4 members (excludes halogenated alkanes) is 1. The molecule has 3 heterocycles. The predicted octanol–water partition coefficient (Wildman–Crippen LogP) is 7.45. The number of hydrogen-bond acceptors (Lipinski definition) is 4. The zero-order valence-corrected chi connectivity index (χ0v) is 22.7. The summed E-state index contributed by atoms with van der Waals surface area (Å²) in [6, 6.07) is 8.47. The van der Waals surface area contributed by atoms with E-state index in [1.807, 2.05) is 36.5 Å². The maximum Gasteiger partial charge on any atom is 0.0756 e. The van der Waals surface area contributed by atoms with Gasteiger partial charge in [0.25, 0.3) is 0 Å². The normalized spacial score (nSPS) is 16.7. The Kier molecular flexibility index (Phi) is 9.22. The Labute approximate surface area is 221 Å². The Morgan fingerprint density at radius 2 is 1.89 bits per heavy atom. The van der Waals surface area contributed by atoms with Crippen molar-refractivity contribution in [3.63, 3.8) is 0 Å². The summed E-state index contributed by atoms with van der Waals surface area (Å²) in [5.41, 5.74) is 5.16. The van der Waals surface area contributed by atoms with E-state index in [0.717, 1.165) is 27.7 Å². The first-order valence-electron chi connectivity index (χ1n) is 13.4. The monoisotopic (exact) mass is 505 g/mol. The lowest BCUT2D eigenvalue weighted by Crippen LogP contribution is -2.43. The predicted molar refractivity (Wildman–Crippen MR) is 153 cm³/mol. The van der Waals surface area contributed by atoms with Crippen molar-refractivity contribution in [3.8, 4) is 11.3 Å². The molecule has 2 aromatic heterocycles. The van der Waals surface area contributed by atoms with E-state index in [-0.39, 0.29) is 0 Å². The number of rotatable bonds is 7. The fourth-order valence-corrected chi connectivity index (χ4v) is 5.24. The van der Waals surface area contributed by atoms with Crippen LogP contribution in [-0.4, -0.2) is 57.8 Å². The number of nitrogens with zero attached hydrogens (tertiary/aromatic N) is 5. The molecule has 1 saturated carbocycles. The first-order valence-corrected chi connectivity index (χ1v) is 13.7. The van der Waals surface area contributed by atoms with E-state index in [2.05, 4.69) is 52.9 Å². The Morgan fingerprint density at radius 3 is 2.58 bits per heavy atom. The van der Waals surface area contributed by atoms with Crippen molar-refractivity contribution >= 4 is 28.6 Å². The molecule has 192 valence electrons. The number of fused-ring (bicyclic) bond motifs is 1. The molecule has 0 N–H and O–H groups in total. The van der Waals surface area contributed by atoms with Gasteiger partial charge in [0.05, 0.1) is 28.5 Å². The van der Waals surface area contributed by atoms with Crippen LogP contribution in [0.25, 0.3) is 28.2 Å². The fraction of sp³-hybridized carbons (Fsp3) is 0.467. The molecule has 1 saturated heterocycles. The molecular weight excluding hydrogens is 466 g/mol. The highest BCUT2D eigenvalue weighted by molar-refractivity contribution is 6.35. The molecule has 2 fully saturated rings. The summed E-state index contributed by atoms with van der Waals surface area (Å²) in [7, 11) is 2.19. The van der Waals surface area contributed by atoms with Crippen LogP contribution in [-0.2, 0) is 0 Å². The van der Waals surface area contributed by atoms with Gasteiger partial charge >= 0.3 is 0 Å². The molecule has 2 aliphatic rings. The molecule has 0 bridgehead atoms. The van der Waals surface area contributed by atoms with Gasteiger partial charge in [0, 0.05) is 49.0 Å². The Bertz CT molecular complexity index is 1170. The van der Waals surface area contributed by atoms with Gasteiger partial charge in [0.2, 0.25) is 0 Å². The first-order chi connectivity index (χ1) is 17.5. The van der Waals surface area contributed by atoms with Crippen LogP contribution in [0.3, 0.4) is 0 Å². The lowest BCUT2D eigenvalue weighted by molar-refractivity contribution is 0.182. The van der Waals surface area contributed by atoms with E-state index < -0.39 is 0 Å². The molecule has 5 nitrogen and oxygen atoms in total. The van der Waals surface area contributed by atoms with Gasteiger partial charge in [-0.2, -0.15) is 5.10 Å². The van der Waals surface area contributed by atoms with Gasteiger partial charge in [-0.05, 0) is 50.4 Å². The molecular formula is C30H40ClN5. The maximum absolute atomic E-state index is 6.45. The van der Waals surface area contributed by atoms with Crippen LogP contribution in [0.5, 0.6) is 0 Å². The number of allylic oxidation sites excluding steroid dienone is 1. The molecule has 5 rings (SSSR count). The van der Waals surface area contributed by atoms with E-state index in [1.54, 1.807) is 0 Å². The smallest absolute Gasteiger partial charge is 0.0756 e. The van der Waals surface area contributed by atoms with Crippen LogP contribution in [0.1, 0.15) is 63.5 Å². The summed E-state index contributed by atoms with van der Waals surface area (Å²) in [5.74, 6) is 0. The van der Waals surface area contributed by atoms with Crippen molar-refractivity contribution < 1.29 is 0 Å². The lowest BCUT2D eigenvalue weighted by atomic mass is 10.1. The first kappa shape index (κ1) is 26.4. The number of aromatic nitrogens is 3. The zero-order chi connectivity index (χ0) is 25.5. The summed E-state index contributed by atoms with van der Waals surface area (Å²) < 4.78 is 2.09. The number of benzene rings is 1. The average molecular weight is 506 g/mol. The molecule has 6 heteroatoms. The van der Waals surface area contributed by atoms with Gasteiger partial charge in [-0.3, -0.25) is 4.68 Å². The van der Waals surface area contributed by atoms with Crippen LogP contribution in [0.15, 0.2) is 55.5 Å². The summed E-state index contributed by atoms with van der Waals surface area (Å²) >= 11 is 6.45. The second kappa shape index (κ2) is 12.6. The van der Waals surface area contributed by atoms with E-state index in [4.69, 9.17) is 16.6 Å². The molecule has 0 spiro atoms. The van der Waals surface area contributed by atoms with Crippen molar-refractivity contribution in [1.29, 1.82) is 0 Å². The van der Waals surface area contributed by atoms with E-state index >= 15 is 0 Å². The second-order valence-corrected chi connectivity index (χ2v) is 10.5. The Balaban J connectivity index is 0.000000200. The Hall–Kier alpha value is -2.63. The topological polar surface area (TPSA) is 37.2 Å². The van der Waals surface area contributed by atoms with Crippen LogP contribution in [0.4, 0.5) is 0 Å². The third-order valence-electron chi connectivity index (χ3n) is 7.38. The van der Waals surface area contributed by atoms with Gasteiger partial charge in [-0.25, -0.2) is 4.98 Å². The summed E-state index contributed by atoms with van der Waals surface area (Å²) in [6.07, 6.45) is 14.6. The zero-order valence-electron chi connectivity index (χ0n) is 21.9. The molecule has 1 aliphatic carbocycles. The van der Waals surface area contributed by atoms with Crippen LogP contribution < -0.4 is 0 Å². The van der Waals surface area contributed by atoms with Crippen molar-refractivity contribution in [2.45, 2.75) is 57.9 Å². The lowest BCUT2D eigenvalue weighted by Gasteiger charge is -2.35. The highest BCUT2D eigenvalue weighted by Gasteiger charge is 2.18. The molecule has 0 atom stereocenters. The second-order valence-electron chi connectivity index (χ2n) is 10.1. The van der Waals surface area contributed by atoms with Gasteiger partial charge in [0.1, 0.15) is 0 Å². The molecule has 0 amide bonds. The van der Waals surface area contributed by atoms with Crippen molar-refractivity contribution in [1.82, 2.24) is 24.6 Å². The molecule has 0 unspecified atom stereocenters. The highest BCUT2D eigenvalue weighted by Crippen LogP contribution is 2.32. The Morgan fingerprint density at radius 1 is 1.14 bits per heavy atom. The molecule has 36 heavy (non-hydrogen) atoms. The van der Waals surface area contributed by atoms with Gasteiger partial charge in [-0.15, -0.1) is 0 Å². The number of halogens is 1. The minimum atomic E-state index is 0.534. The average Bonchev–Trinajstić information content (AvgIpc) is 3.60.